The highest BCUT2D eigenvalue weighted by Gasteiger charge is 2.41. The maximum atomic E-state index is 13.2. The van der Waals surface area contributed by atoms with E-state index in [9.17, 15) is 24.3 Å². The molecule has 0 spiro atoms. The molecular weight excluding hydrogens is 438 g/mol. The lowest BCUT2D eigenvalue weighted by Crippen LogP contribution is -2.53. The molecule has 4 N–H and O–H groups in total. The Hall–Kier alpha value is -2.94. The third kappa shape index (κ3) is 7.55. The maximum Gasteiger partial charge on any atom is 0.329 e. The largest absolute Gasteiger partial charge is 0.481 e. The van der Waals surface area contributed by atoms with E-state index < -0.39 is 42.6 Å². The predicted molar refractivity (Wildman–Crippen MR) is 127 cm³/mol. The summed E-state index contributed by atoms with van der Waals surface area (Å²) >= 11 is 0. The zero-order valence-corrected chi connectivity index (χ0v) is 20.4. The predicted octanol–water partition coefficient (Wildman–Crippen LogP) is 1.73. The first-order valence-corrected chi connectivity index (χ1v) is 11.8. The van der Waals surface area contributed by atoms with Crippen LogP contribution < -0.4 is 11.1 Å². The Morgan fingerprint density at radius 1 is 1.15 bits per heavy atom. The van der Waals surface area contributed by atoms with Gasteiger partial charge in [-0.3, -0.25) is 14.4 Å². The molecule has 4 atom stereocenters. The second-order valence-electron chi connectivity index (χ2n) is 9.49. The minimum Gasteiger partial charge on any atom is -0.481 e. The third-order valence-corrected chi connectivity index (χ3v) is 6.07. The zero-order valence-electron chi connectivity index (χ0n) is 20.4. The van der Waals surface area contributed by atoms with E-state index in [1.54, 1.807) is 18.7 Å². The molecule has 1 heterocycles. The van der Waals surface area contributed by atoms with Crippen LogP contribution in [0.2, 0.25) is 0 Å². The fraction of sp³-hybridized carbons (Fsp3) is 0.600. The van der Waals surface area contributed by atoms with Gasteiger partial charge in [-0.25, -0.2) is 4.79 Å². The molecular formula is C25H37N3O6. The number of esters is 1. The number of benzene rings is 1. The molecule has 2 amide bonds. The highest BCUT2D eigenvalue weighted by atomic mass is 16.5. The molecule has 0 unspecified atom stereocenters. The number of carboxylic acid groups (broad SMARTS) is 1. The van der Waals surface area contributed by atoms with E-state index in [4.69, 9.17) is 10.5 Å². The Kier molecular flexibility index (Phi) is 10.0. The van der Waals surface area contributed by atoms with Gasteiger partial charge in [0.2, 0.25) is 11.8 Å². The van der Waals surface area contributed by atoms with E-state index in [2.05, 4.69) is 5.32 Å². The smallest absolute Gasteiger partial charge is 0.329 e. The highest BCUT2D eigenvalue weighted by Crippen LogP contribution is 2.26. The van der Waals surface area contributed by atoms with Crippen molar-refractivity contribution in [1.82, 2.24) is 10.2 Å². The topological polar surface area (TPSA) is 139 Å². The highest BCUT2D eigenvalue weighted by molar-refractivity contribution is 5.86. The van der Waals surface area contributed by atoms with Gasteiger partial charge < -0.3 is 25.8 Å². The normalized spacial score (nSPS) is 18.4. The molecule has 1 fully saturated rings. The van der Waals surface area contributed by atoms with Crippen LogP contribution in [0.1, 0.15) is 52.5 Å². The van der Waals surface area contributed by atoms with Crippen molar-refractivity contribution in [2.75, 3.05) is 6.54 Å². The van der Waals surface area contributed by atoms with Crippen LogP contribution in [0.3, 0.4) is 0 Å². The van der Waals surface area contributed by atoms with E-state index in [0.717, 1.165) is 5.56 Å². The van der Waals surface area contributed by atoms with Crippen LogP contribution in [0.4, 0.5) is 0 Å². The number of carboxylic acids is 1. The van der Waals surface area contributed by atoms with Gasteiger partial charge in [-0.2, -0.15) is 0 Å². The van der Waals surface area contributed by atoms with Crippen LogP contribution in [0.5, 0.6) is 0 Å². The van der Waals surface area contributed by atoms with Crippen LogP contribution in [0.15, 0.2) is 30.3 Å². The van der Waals surface area contributed by atoms with Crippen molar-refractivity contribution in [3.05, 3.63) is 35.9 Å². The molecule has 188 valence electrons. The van der Waals surface area contributed by atoms with Gasteiger partial charge in [-0.15, -0.1) is 0 Å². The van der Waals surface area contributed by atoms with Crippen molar-refractivity contribution in [2.24, 2.45) is 17.6 Å². The lowest BCUT2D eigenvalue weighted by Gasteiger charge is -2.33. The number of rotatable bonds is 11. The summed E-state index contributed by atoms with van der Waals surface area (Å²) in [5.41, 5.74) is 6.88. The van der Waals surface area contributed by atoms with Crippen molar-refractivity contribution in [2.45, 2.75) is 77.6 Å². The summed E-state index contributed by atoms with van der Waals surface area (Å²) in [5, 5.41) is 12.2. The van der Waals surface area contributed by atoms with Crippen molar-refractivity contribution >= 4 is 23.8 Å². The molecule has 0 saturated carbocycles. The molecule has 1 aliphatic rings. The molecule has 0 bridgehead atoms. The number of carbonyl (C=O) groups excluding carboxylic acids is 3. The van der Waals surface area contributed by atoms with Crippen LogP contribution in [0, 0.1) is 11.8 Å². The molecule has 0 aromatic heterocycles. The summed E-state index contributed by atoms with van der Waals surface area (Å²) in [6.45, 7) is 7.54. The number of carbonyl (C=O) groups is 4. The van der Waals surface area contributed by atoms with Gasteiger partial charge in [-0.05, 0) is 24.3 Å². The number of aliphatic carboxylic acids is 1. The van der Waals surface area contributed by atoms with Crippen molar-refractivity contribution in [3.63, 3.8) is 0 Å². The van der Waals surface area contributed by atoms with Crippen molar-refractivity contribution < 1.29 is 29.0 Å². The van der Waals surface area contributed by atoms with E-state index in [-0.39, 0.29) is 30.1 Å². The summed E-state index contributed by atoms with van der Waals surface area (Å²) in [6.07, 6.45) is -0.142. The van der Waals surface area contributed by atoms with E-state index in [1.807, 2.05) is 44.2 Å². The Balaban J connectivity index is 2.25. The van der Waals surface area contributed by atoms with Crippen molar-refractivity contribution in [1.29, 1.82) is 0 Å². The maximum absolute atomic E-state index is 13.2. The zero-order chi connectivity index (χ0) is 25.4. The first-order valence-electron chi connectivity index (χ1n) is 11.8. The van der Waals surface area contributed by atoms with E-state index in [0.29, 0.717) is 19.4 Å². The SMILES string of the molecule is CC(C)C(=O)N[C@@H](Cc1ccccc1)C(=O)O[C@@H](CC(=O)O)[C@@H]1CCCN1C(=O)[C@@H](N)C(C)C. The van der Waals surface area contributed by atoms with Gasteiger partial charge in [0.05, 0.1) is 18.5 Å². The van der Waals surface area contributed by atoms with E-state index in [1.165, 1.54) is 0 Å². The molecule has 9 heteroatoms. The summed E-state index contributed by atoms with van der Waals surface area (Å²) in [4.78, 5) is 51.7. The van der Waals surface area contributed by atoms with Gasteiger partial charge >= 0.3 is 11.9 Å². The number of ether oxygens (including phenoxy) is 1. The van der Waals surface area contributed by atoms with Crippen LogP contribution in [-0.4, -0.2) is 64.5 Å². The first-order chi connectivity index (χ1) is 16.0. The van der Waals surface area contributed by atoms with Gasteiger partial charge in [0, 0.05) is 18.9 Å². The van der Waals surface area contributed by atoms with Crippen LogP contribution in [0.25, 0.3) is 0 Å². The summed E-state index contributed by atoms with van der Waals surface area (Å²) in [6, 6.07) is 6.87. The molecule has 1 aliphatic heterocycles. The molecule has 1 aromatic rings. The number of nitrogens with one attached hydrogen (secondary N) is 1. The molecule has 0 radical (unpaired) electrons. The van der Waals surface area contributed by atoms with Gasteiger partial charge in [0.1, 0.15) is 12.1 Å². The minimum absolute atomic E-state index is 0.0873. The number of amides is 2. The molecule has 2 rings (SSSR count). The molecule has 1 saturated heterocycles. The summed E-state index contributed by atoms with van der Waals surface area (Å²) in [5.74, 6) is -2.89. The van der Waals surface area contributed by atoms with Crippen molar-refractivity contribution in [3.8, 4) is 0 Å². The lowest BCUT2D eigenvalue weighted by molar-refractivity contribution is -0.162. The Bertz CT molecular complexity index is 857. The molecule has 9 nitrogen and oxygen atoms in total. The third-order valence-electron chi connectivity index (χ3n) is 6.07. The Morgan fingerprint density at radius 2 is 1.79 bits per heavy atom. The molecule has 1 aromatic carbocycles. The fourth-order valence-corrected chi connectivity index (χ4v) is 3.97. The fourth-order valence-electron chi connectivity index (χ4n) is 3.97. The number of nitrogens with zero attached hydrogens (tertiary/aromatic N) is 1. The monoisotopic (exact) mass is 475 g/mol. The Labute approximate surface area is 201 Å². The Morgan fingerprint density at radius 3 is 2.35 bits per heavy atom. The average Bonchev–Trinajstić information content (AvgIpc) is 3.27. The van der Waals surface area contributed by atoms with Crippen LogP contribution >= 0.6 is 0 Å². The summed E-state index contributed by atoms with van der Waals surface area (Å²) in [7, 11) is 0. The second kappa shape index (κ2) is 12.5. The summed E-state index contributed by atoms with van der Waals surface area (Å²) < 4.78 is 5.71. The van der Waals surface area contributed by atoms with Crippen LogP contribution in [-0.2, 0) is 30.3 Å². The quantitative estimate of drug-likeness (QED) is 0.414. The van der Waals surface area contributed by atoms with E-state index >= 15 is 0 Å². The second-order valence-corrected chi connectivity index (χ2v) is 9.49. The average molecular weight is 476 g/mol. The number of hydrogen-bond donors (Lipinski definition) is 3. The standard InChI is InChI=1S/C25H37N3O6/c1-15(2)22(26)24(32)28-12-8-11-19(28)20(14-21(29)30)34-25(33)18(27-23(31)16(3)4)13-17-9-6-5-7-10-17/h5-7,9-10,15-16,18-20,22H,8,11-14,26H2,1-4H3,(H,27,31)(H,29,30)/t18-,19-,20-,22-/m0/s1. The lowest BCUT2D eigenvalue weighted by atomic mass is 10.0. The van der Waals surface area contributed by atoms with Gasteiger partial charge in [0.15, 0.2) is 0 Å². The first kappa shape index (κ1) is 27.3. The molecule has 0 aliphatic carbocycles. The van der Waals surface area contributed by atoms with Gasteiger partial charge in [0.25, 0.3) is 0 Å². The minimum atomic E-state index is -1.14. The number of hydrogen-bond acceptors (Lipinski definition) is 6. The number of likely N-dealkylation sites (tertiary alicyclic amines) is 1. The number of nitrogens with two attached hydrogens (primary N) is 1. The molecule has 34 heavy (non-hydrogen) atoms. The van der Waals surface area contributed by atoms with Gasteiger partial charge in [-0.1, -0.05) is 58.0 Å².